The number of amidine groups is 1. The Morgan fingerprint density at radius 1 is 1.30 bits per heavy atom. The van der Waals surface area contributed by atoms with E-state index in [1.165, 1.54) is 12.1 Å². The SMILES string of the molecule is CC(C)CC1CN=C(NCCc2cc(F)cc(F)c2)S1. The first-order chi connectivity index (χ1) is 9.52. The zero-order valence-electron chi connectivity index (χ0n) is 11.8. The quantitative estimate of drug-likeness (QED) is 0.898. The molecule has 0 bridgehead atoms. The van der Waals surface area contributed by atoms with Gasteiger partial charge in [-0.3, -0.25) is 4.99 Å². The van der Waals surface area contributed by atoms with Crippen molar-refractivity contribution in [2.24, 2.45) is 10.9 Å². The molecule has 0 saturated carbocycles. The minimum Gasteiger partial charge on any atom is -0.365 e. The third kappa shape index (κ3) is 4.78. The molecule has 5 heteroatoms. The first kappa shape index (κ1) is 15.3. The molecule has 1 N–H and O–H groups in total. The average Bonchev–Trinajstić information content (AvgIpc) is 2.74. The Balaban J connectivity index is 1.74. The summed E-state index contributed by atoms with van der Waals surface area (Å²) in [5.41, 5.74) is 0.664. The summed E-state index contributed by atoms with van der Waals surface area (Å²) in [4.78, 5) is 4.46. The highest BCUT2D eigenvalue weighted by molar-refractivity contribution is 8.14. The van der Waals surface area contributed by atoms with Crippen molar-refractivity contribution in [3.05, 3.63) is 35.4 Å². The van der Waals surface area contributed by atoms with Crippen LogP contribution in [0.3, 0.4) is 0 Å². The number of hydrogen-bond acceptors (Lipinski definition) is 3. The van der Waals surface area contributed by atoms with Crippen LogP contribution >= 0.6 is 11.8 Å². The molecule has 1 heterocycles. The molecule has 1 atom stereocenters. The van der Waals surface area contributed by atoms with Gasteiger partial charge in [0.05, 0.1) is 6.54 Å². The Morgan fingerprint density at radius 3 is 2.65 bits per heavy atom. The number of hydrogen-bond donors (Lipinski definition) is 1. The minimum absolute atomic E-state index is 0.524. The van der Waals surface area contributed by atoms with Crippen LogP contribution in [0.5, 0.6) is 0 Å². The Morgan fingerprint density at radius 2 is 2.00 bits per heavy atom. The van der Waals surface area contributed by atoms with Crippen molar-refractivity contribution in [2.45, 2.75) is 31.9 Å². The maximum atomic E-state index is 13.0. The van der Waals surface area contributed by atoms with Gasteiger partial charge in [0.15, 0.2) is 5.17 Å². The molecule has 0 amide bonds. The van der Waals surface area contributed by atoms with Gasteiger partial charge in [-0.25, -0.2) is 8.78 Å². The van der Waals surface area contributed by atoms with E-state index in [2.05, 4.69) is 24.2 Å². The molecular formula is C15H20F2N2S. The van der Waals surface area contributed by atoms with Gasteiger partial charge in [0.1, 0.15) is 11.6 Å². The largest absolute Gasteiger partial charge is 0.365 e. The third-order valence-corrected chi connectivity index (χ3v) is 4.23. The number of thioether (sulfide) groups is 1. The minimum atomic E-state index is -0.524. The van der Waals surface area contributed by atoms with E-state index in [0.717, 1.165) is 24.2 Å². The number of halogens is 2. The van der Waals surface area contributed by atoms with Gasteiger partial charge in [0.25, 0.3) is 0 Å². The van der Waals surface area contributed by atoms with E-state index < -0.39 is 11.6 Å². The van der Waals surface area contributed by atoms with Gasteiger partial charge >= 0.3 is 0 Å². The second-order valence-corrected chi connectivity index (χ2v) is 6.76. The van der Waals surface area contributed by atoms with E-state index in [9.17, 15) is 8.78 Å². The lowest BCUT2D eigenvalue weighted by Gasteiger charge is -2.11. The zero-order valence-corrected chi connectivity index (χ0v) is 12.6. The summed E-state index contributed by atoms with van der Waals surface area (Å²) in [7, 11) is 0. The van der Waals surface area contributed by atoms with Gasteiger partial charge in [0, 0.05) is 17.9 Å². The van der Waals surface area contributed by atoms with Crippen molar-refractivity contribution in [2.75, 3.05) is 13.1 Å². The van der Waals surface area contributed by atoms with Crippen LogP contribution in [0, 0.1) is 17.6 Å². The summed E-state index contributed by atoms with van der Waals surface area (Å²) in [5.74, 6) is -0.369. The van der Waals surface area contributed by atoms with Gasteiger partial charge in [0.2, 0.25) is 0 Å². The van der Waals surface area contributed by atoms with Crippen LogP contribution < -0.4 is 5.32 Å². The highest BCUT2D eigenvalue weighted by atomic mass is 32.2. The fourth-order valence-electron chi connectivity index (χ4n) is 2.23. The van der Waals surface area contributed by atoms with Crippen LogP contribution in [0.2, 0.25) is 0 Å². The molecule has 0 radical (unpaired) electrons. The average molecular weight is 298 g/mol. The second kappa shape index (κ2) is 7.07. The molecule has 1 aromatic carbocycles. The zero-order chi connectivity index (χ0) is 14.5. The summed E-state index contributed by atoms with van der Waals surface area (Å²) in [6.07, 6.45) is 1.75. The highest BCUT2D eigenvalue weighted by Gasteiger charge is 2.20. The molecule has 2 rings (SSSR count). The molecule has 2 nitrogen and oxygen atoms in total. The first-order valence-electron chi connectivity index (χ1n) is 6.93. The van der Waals surface area contributed by atoms with E-state index >= 15 is 0 Å². The number of rotatable bonds is 5. The third-order valence-electron chi connectivity index (χ3n) is 3.06. The van der Waals surface area contributed by atoms with Crippen molar-refractivity contribution >= 4 is 16.9 Å². The van der Waals surface area contributed by atoms with Crippen LogP contribution in [0.1, 0.15) is 25.8 Å². The van der Waals surface area contributed by atoms with Gasteiger partial charge in [-0.1, -0.05) is 25.6 Å². The predicted molar refractivity (Wildman–Crippen MR) is 81.2 cm³/mol. The second-order valence-electron chi connectivity index (χ2n) is 5.47. The Kier molecular flexibility index (Phi) is 5.40. The summed E-state index contributed by atoms with van der Waals surface area (Å²) >= 11 is 1.77. The number of nitrogens with zero attached hydrogens (tertiary/aromatic N) is 1. The maximum absolute atomic E-state index is 13.0. The lowest BCUT2D eigenvalue weighted by atomic mass is 10.1. The standard InChI is InChI=1S/C15H20F2N2S/c1-10(2)5-14-9-19-15(20-14)18-4-3-11-6-12(16)8-13(17)7-11/h6-8,10,14H,3-5,9H2,1-2H3,(H,18,19). The number of benzene rings is 1. The van der Waals surface area contributed by atoms with Crippen molar-refractivity contribution in [1.29, 1.82) is 0 Å². The van der Waals surface area contributed by atoms with Crippen molar-refractivity contribution in [3.8, 4) is 0 Å². The van der Waals surface area contributed by atoms with Gasteiger partial charge in [-0.05, 0) is 36.5 Å². The molecular weight excluding hydrogens is 278 g/mol. The Labute approximate surface area is 123 Å². The normalized spacial score (nSPS) is 18.4. The smallest absolute Gasteiger partial charge is 0.156 e. The van der Waals surface area contributed by atoms with Gasteiger partial charge < -0.3 is 5.32 Å². The molecule has 110 valence electrons. The van der Waals surface area contributed by atoms with Crippen LogP contribution in [-0.4, -0.2) is 23.5 Å². The summed E-state index contributed by atoms with van der Waals surface area (Å²) in [5, 5.41) is 4.75. The van der Waals surface area contributed by atoms with E-state index in [0.29, 0.717) is 29.7 Å². The lowest BCUT2D eigenvalue weighted by molar-refractivity contribution is 0.575. The van der Waals surface area contributed by atoms with Crippen molar-refractivity contribution in [1.82, 2.24) is 5.32 Å². The van der Waals surface area contributed by atoms with Crippen molar-refractivity contribution < 1.29 is 8.78 Å². The molecule has 1 aromatic rings. The number of nitrogens with one attached hydrogen (secondary N) is 1. The summed E-state index contributed by atoms with van der Waals surface area (Å²) in [6.45, 7) is 5.93. The summed E-state index contributed by atoms with van der Waals surface area (Å²) in [6, 6.07) is 3.64. The molecule has 1 unspecified atom stereocenters. The van der Waals surface area contributed by atoms with E-state index in [1.54, 1.807) is 11.8 Å². The highest BCUT2D eigenvalue weighted by Crippen LogP contribution is 2.25. The summed E-state index contributed by atoms with van der Waals surface area (Å²) < 4.78 is 26.1. The molecule has 20 heavy (non-hydrogen) atoms. The Bertz CT molecular complexity index is 469. The van der Waals surface area contributed by atoms with Gasteiger partial charge in [-0.15, -0.1) is 0 Å². The fourth-order valence-corrected chi connectivity index (χ4v) is 3.51. The fraction of sp³-hybridized carbons (Fsp3) is 0.533. The molecule has 0 spiro atoms. The lowest BCUT2D eigenvalue weighted by Crippen LogP contribution is -2.22. The molecule has 1 aliphatic rings. The van der Waals surface area contributed by atoms with Crippen LogP contribution in [0.25, 0.3) is 0 Å². The van der Waals surface area contributed by atoms with E-state index in [1.807, 2.05) is 0 Å². The maximum Gasteiger partial charge on any atom is 0.156 e. The molecule has 0 aromatic heterocycles. The van der Waals surface area contributed by atoms with Crippen LogP contribution in [-0.2, 0) is 6.42 Å². The van der Waals surface area contributed by atoms with E-state index in [4.69, 9.17) is 0 Å². The first-order valence-corrected chi connectivity index (χ1v) is 7.81. The molecule has 0 aliphatic carbocycles. The van der Waals surface area contributed by atoms with E-state index in [-0.39, 0.29) is 0 Å². The monoisotopic (exact) mass is 298 g/mol. The van der Waals surface area contributed by atoms with Crippen LogP contribution in [0.4, 0.5) is 8.78 Å². The molecule has 0 saturated heterocycles. The number of aliphatic imine (C=N–C) groups is 1. The van der Waals surface area contributed by atoms with Gasteiger partial charge in [-0.2, -0.15) is 0 Å². The topological polar surface area (TPSA) is 24.4 Å². The predicted octanol–water partition coefficient (Wildman–Crippen LogP) is 3.61. The van der Waals surface area contributed by atoms with Crippen molar-refractivity contribution in [3.63, 3.8) is 0 Å². The molecule has 1 aliphatic heterocycles. The Hall–Kier alpha value is -1.10. The van der Waals surface area contributed by atoms with Crippen LogP contribution in [0.15, 0.2) is 23.2 Å². The molecule has 0 fully saturated rings.